The number of phosphoric acid groups is 1. The second-order valence-electron chi connectivity index (χ2n) is 4.93. The minimum atomic E-state index is -4.19. The summed E-state index contributed by atoms with van der Waals surface area (Å²) in [5.41, 5.74) is 6.61. The van der Waals surface area contributed by atoms with Crippen LogP contribution in [0, 0.1) is 0 Å². The first-order valence-corrected chi connectivity index (χ1v) is 8.21. The highest BCUT2D eigenvalue weighted by Gasteiger charge is 2.41. The lowest BCUT2D eigenvalue weighted by Gasteiger charge is -2.18. The van der Waals surface area contributed by atoms with E-state index in [4.69, 9.17) is 15.0 Å². The third-order valence-corrected chi connectivity index (χ3v) is 4.56. The molecule has 0 radical (unpaired) electrons. The summed E-state index contributed by atoms with van der Waals surface area (Å²) in [5, 5.41) is 9.39. The largest absolute Gasteiger partial charge is 0.472 e. The summed E-state index contributed by atoms with van der Waals surface area (Å²) in [7, 11) is -3.13. The van der Waals surface area contributed by atoms with Gasteiger partial charge in [0.2, 0.25) is 0 Å². The van der Waals surface area contributed by atoms with Gasteiger partial charge in [-0.15, -0.1) is 0 Å². The lowest BCUT2D eigenvalue weighted by Crippen LogP contribution is -2.27. The first-order chi connectivity index (χ1) is 10.9. The Labute approximate surface area is 130 Å². The van der Waals surface area contributed by atoms with E-state index in [-0.39, 0.29) is 18.8 Å². The van der Waals surface area contributed by atoms with E-state index < -0.39 is 26.3 Å². The Bertz CT molecular complexity index is 754. The van der Waals surface area contributed by atoms with Gasteiger partial charge in [0.15, 0.2) is 11.5 Å². The molecule has 0 spiro atoms. The molecule has 4 atom stereocenters. The van der Waals surface area contributed by atoms with Crippen LogP contribution in [-0.2, 0) is 18.3 Å². The van der Waals surface area contributed by atoms with Gasteiger partial charge >= 0.3 is 7.82 Å². The summed E-state index contributed by atoms with van der Waals surface area (Å²) in [4.78, 5) is 21.5. The summed E-state index contributed by atoms with van der Waals surface area (Å²) >= 11 is 0. The van der Waals surface area contributed by atoms with Crippen molar-refractivity contribution >= 4 is 24.8 Å². The second-order valence-corrected chi connectivity index (χ2v) is 6.44. The SMILES string of the molecule is COP(=O)(O)OC1CC(n2cnc3c(N)ncnc32)OC1CO. The molecule has 23 heavy (non-hydrogen) atoms. The fourth-order valence-corrected chi connectivity index (χ4v) is 3.09. The van der Waals surface area contributed by atoms with E-state index in [2.05, 4.69) is 19.5 Å². The number of nitrogens with two attached hydrogens (primary N) is 1. The van der Waals surface area contributed by atoms with Crippen molar-refractivity contribution in [1.29, 1.82) is 0 Å². The zero-order chi connectivity index (χ0) is 16.6. The Morgan fingerprint density at radius 2 is 2.30 bits per heavy atom. The molecule has 2 aromatic rings. The van der Waals surface area contributed by atoms with Crippen LogP contribution in [0.25, 0.3) is 11.2 Å². The van der Waals surface area contributed by atoms with Crippen LogP contribution >= 0.6 is 7.82 Å². The average molecular weight is 345 g/mol. The summed E-state index contributed by atoms with van der Waals surface area (Å²) < 4.78 is 28.3. The highest BCUT2D eigenvalue weighted by molar-refractivity contribution is 7.47. The fourth-order valence-electron chi connectivity index (χ4n) is 2.44. The smallest absolute Gasteiger partial charge is 0.394 e. The summed E-state index contributed by atoms with van der Waals surface area (Å²) in [6.07, 6.45) is 0.786. The lowest BCUT2D eigenvalue weighted by molar-refractivity contribution is -0.0431. The Balaban J connectivity index is 1.86. The van der Waals surface area contributed by atoms with Gasteiger partial charge in [0.05, 0.1) is 12.9 Å². The molecule has 0 bridgehead atoms. The molecule has 0 saturated carbocycles. The normalized spacial score (nSPS) is 27.3. The van der Waals surface area contributed by atoms with E-state index in [1.807, 2.05) is 0 Å². The molecule has 1 fully saturated rings. The van der Waals surface area contributed by atoms with Crippen molar-refractivity contribution in [2.75, 3.05) is 19.5 Å². The van der Waals surface area contributed by atoms with Gasteiger partial charge in [0.1, 0.15) is 30.3 Å². The minimum Gasteiger partial charge on any atom is -0.394 e. The van der Waals surface area contributed by atoms with E-state index in [1.165, 1.54) is 12.7 Å². The number of hydrogen-bond acceptors (Lipinski definition) is 9. The van der Waals surface area contributed by atoms with E-state index >= 15 is 0 Å². The molecule has 12 heteroatoms. The number of ether oxygens (including phenoxy) is 1. The van der Waals surface area contributed by atoms with Crippen molar-refractivity contribution in [3.05, 3.63) is 12.7 Å². The van der Waals surface area contributed by atoms with Crippen molar-refractivity contribution in [2.24, 2.45) is 0 Å². The third-order valence-electron chi connectivity index (χ3n) is 3.56. The van der Waals surface area contributed by atoms with Crippen molar-refractivity contribution in [1.82, 2.24) is 19.5 Å². The number of imidazole rings is 1. The third kappa shape index (κ3) is 3.07. The van der Waals surface area contributed by atoms with Gasteiger partial charge in [0, 0.05) is 13.5 Å². The Morgan fingerprint density at radius 3 is 3.00 bits per heavy atom. The van der Waals surface area contributed by atoms with Gasteiger partial charge in [-0.05, 0) is 0 Å². The number of aliphatic hydroxyl groups is 1. The summed E-state index contributed by atoms with van der Waals surface area (Å²) in [6, 6.07) is 0. The predicted octanol–water partition coefficient (Wildman–Crippen LogP) is -0.180. The standard InChI is InChI=1S/C11H16N5O6P/c1-20-23(18,19)22-6-2-8(21-7(6)3-17)16-5-15-9-10(12)13-4-14-11(9)16/h4-8,17H,2-3H2,1H3,(H,18,19)(H2,12,13,14). The lowest BCUT2D eigenvalue weighted by atomic mass is 10.2. The predicted molar refractivity (Wildman–Crippen MR) is 77.1 cm³/mol. The maximum Gasteiger partial charge on any atom is 0.472 e. The molecule has 2 aromatic heterocycles. The van der Waals surface area contributed by atoms with Crippen LogP contribution in [0.4, 0.5) is 5.82 Å². The molecule has 1 aliphatic heterocycles. The number of aliphatic hydroxyl groups excluding tert-OH is 1. The van der Waals surface area contributed by atoms with Crippen LogP contribution < -0.4 is 5.73 Å². The monoisotopic (exact) mass is 345 g/mol. The van der Waals surface area contributed by atoms with Crippen LogP contribution in [0.15, 0.2) is 12.7 Å². The Kier molecular flexibility index (Phi) is 4.32. The van der Waals surface area contributed by atoms with Crippen molar-refractivity contribution in [3.63, 3.8) is 0 Å². The zero-order valence-electron chi connectivity index (χ0n) is 12.1. The highest BCUT2D eigenvalue weighted by atomic mass is 31.2. The molecule has 4 unspecified atom stereocenters. The van der Waals surface area contributed by atoms with E-state index in [0.29, 0.717) is 11.2 Å². The van der Waals surface area contributed by atoms with Gasteiger partial charge in [0.25, 0.3) is 0 Å². The number of fused-ring (bicyclic) bond motifs is 1. The Hall–Kier alpha value is -1.62. The molecule has 0 aliphatic carbocycles. The molecule has 0 aromatic carbocycles. The number of rotatable bonds is 5. The topological polar surface area (TPSA) is 155 Å². The number of aromatic nitrogens is 4. The molecular formula is C11H16N5O6P. The fraction of sp³-hybridized carbons (Fsp3) is 0.545. The van der Waals surface area contributed by atoms with Crippen molar-refractivity contribution < 1.29 is 28.3 Å². The van der Waals surface area contributed by atoms with Gasteiger partial charge < -0.3 is 20.5 Å². The maximum atomic E-state index is 11.6. The first kappa shape index (κ1) is 16.2. The van der Waals surface area contributed by atoms with Gasteiger partial charge in [-0.2, -0.15) is 0 Å². The molecule has 1 aliphatic rings. The molecule has 3 rings (SSSR count). The van der Waals surface area contributed by atoms with Crippen LogP contribution in [-0.4, -0.2) is 55.4 Å². The molecule has 11 nitrogen and oxygen atoms in total. The zero-order valence-corrected chi connectivity index (χ0v) is 13.0. The number of phosphoric ester groups is 1. The van der Waals surface area contributed by atoms with Crippen molar-refractivity contribution in [2.45, 2.75) is 24.9 Å². The quantitative estimate of drug-likeness (QED) is 0.621. The van der Waals surface area contributed by atoms with Crippen molar-refractivity contribution in [3.8, 4) is 0 Å². The summed E-state index contributed by atoms with van der Waals surface area (Å²) in [6.45, 7) is -0.380. The molecular weight excluding hydrogens is 329 g/mol. The van der Waals surface area contributed by atoms with Crippen LogP contribution in [0.3, 0.4) is 0 Å². The van der Waals surface area contributed by atoms with E-state index in [1.54, 1.807) is 4.57 Å². The number of nitrogens with zero attached hydrogens (tertiary/aromatic N) is 4. The van der Waals surface area contributed by atoms with Crippen LogP contribution in [0.5, 0.6) is 0 Å². The van der Waals surface area contributed by atoms with E-state index in [0.717, 1.165) is 7.11 Å². The minimum absolute atomic E-state index is 0.203. The molecule has 3 heterocycles. The molecule has 126 valence electrons. The average Bonchev–Trinajstić information content (AvgIpc) is 3.11. The number of hydrogen-bond donors (Lipinski definition) is 3. The highest BCUT2D eigenvalue weighted by Crippen LogP contribution is 2.47. The molecule has 0 amide bonds. The van der Waals surface area contributed by atoms with Crippen LogP contribution in [0.2, 0.25) is 0 Å². The first-order valence-electron chi connectivity index (χ1n) is 6.71. The summed E-state index contributed by atoms with van der Waals surface area (Å²) in [5.74, 6) is 0.234. The van der Waals surface area contributed by atoms with Gasteiger partial charge in [-0.3, -0.25) is 13.6 Å². The van der Waals surface area contributed by atoms with E-state index in [9.17, 15) is 14.6 Å². The van der Waals surface area contributed by atoms with Crippen LogP contribution in [0.1, 0.15) is 12.6 Å². The second kappa shape index (κ2) is 6.11. The number of anilines is 1. The Morgan fingerprint density at radius 1 is 1.52 bits per heavy atom. The maximum absolute atomic E-state index is 11.6. The number of nitrogen functional groups attached to an aromatic ring is 1. The van der Waals surface area contributed by atoms with Gasteiger partial charge in [-0.1, -0.05) is 0 Å². The van der Waals surface area contributed by atoms with Gasteiger partial charge in [-0.25, -0.2) is 19.5 Å². The molecule has 1 saturated heterocycles. The molecule has 4 N–H and O–H groups in total.